The van der Waals surface area contributed by atoms with Crippen molar-refractivity contribution < 1.29 is 14.2 Å². The molecule has 1 saturated heterocycles. The molecule has 3 aromatic rings. The van der Waals surface area contributed by atoms with Crippen LogP contribution in [-0.2, 0) is 9.47 Å². The van der Waals surface area contributed by atoms with Crippen molar-refractivity contribution in [3.8, 4) is 17.1 Å². The maximum atomic E-state index is 5.66. The lowest BCUT2D eigenvalue weighted by atomic mass is 10.2. The van der Waals surface area contributed by atoms with Crippen LogP contribution in [0.3, 0.4) is 0 Å². The number of nitrogens with zero attached hydrogens (tertiary/aromatic N) is 1. The second-order valence-corrected chi connectivity index (χ2v) is 5.11. The highest BCUT2D eigenvalue weighted by atomic mass is 16.7. The zero-order valence-electron chi connectivity index (χ0n) is 12.0. The third-order valence-corrected chi connectivity index (χ3v) is 3.59. The van der Waals surface area contributed by atoms with Crippen LogP contribution in [0.2, 0.25) is 0 Å². The summed E-state index contributed by atoms with van der Waals surface area (Å²) in [5.74, 6) is 1.65. The largest absolute Gasteiger partial charge is 0.488 e. The molecule has 4 rings (SSSR count). The van der Waals surface area contributed by atoms with E-state index in [4.69, 9.17) is 14.2 Å². The smallest absolute Gasteiger partial charge is 0.191 e. The predicted molar refractivity (Wildman–Crippen MR) is 82.7 cm³/mol. The Kier molecular flexibility index (Phi) is 3.50. The molecular formula is C17H16N2O3. The van der Waals surface area contributed by atoms with Crippen LogP contribution in [0.25, 0.3) is 22.4 Å². The summed E-state index contributed by atoms with van der Waals surface area (Å²) in [5, 5.41) is 0. The van der Waals surface area contributed by atoms with Crippen molar-refractivity contribution in [3.63, 3.8) is 0 Å². The Morgan fingerprint density at radius 1 is 1.05 bits per heavy atom. The van der Waals surface area contributed by atoms with Gasteiger partial charge in [0.1, 0.15) is 18.2 Å². The lowest BCUT2D eigenvalue weighted by Crippen LogP contribution is -2.18. The molecule has 2 aromatic carbocycles. The van der Waals surface area contributed by atoms with Gasteiger partial charge in [0.25, 0.3) is 0 Å². The topological polar surface area (TPSA) is 56.4 Å². The first kappa shape index (κ1) is 13.3. The Bertz CT molecular complexity index is 728. The summed E-state index contributed by atoms with van der Waals surface area (Å²) in [6, 6.07) is 15.8. The number of hydrogen-bond donors (Lipinski definition) is 1. The zero-order chi connectivity index (χ0) is 14.8. The number of nitrogens with one attached hydrogen (secondary N) is 1. The number of ether oxygens (including phenoxy) is 3. The number of fused-ring (bicyclic) bond motifs is 1. The lowest BCUT2D eigenvalue weighted by Gasteiger charge is -2.11. The standard InChI is InChI=1S/C17H16N2O3/c1-2-4-15-14(3-1)18-17(19-15)12-5-7-13(8-6-12)22-11-16-20-9-10-21-16/h1-8,16H,9-11H2,(H,18,19). The van der Waals surface area contributed by atoms with Crippen molar-refractivity contribution in [2.75, 3.05) is 19.8 Å². The number of H-pyrrole nitrogens is 1. The van der Waals surface area contributed by atoms with Crippen molar-refractivity contribution in [1.82, 2.24) is 9.97 Å². The van der Waals surface area contributed by atoms with Gasteiger partial charge in [-0.1, -0.05) is 12.1 Å². The number of hydrogen-bond acceptors (Lipinski definition) is 4. The van der Waals surface area contributed by atoms with Gasteiger partial charge in [-0.2, -0.15) is 0 Å². The molecule has 1 fully saturated rings. The minimum Gasteiger partial charge on any atom is -0.488 e. The monoisotopic (exact) mass is 296 g/mol. The van der Waals surface area contributed by atoms with Crippen LogP contribution in [-0.4, -0.2) is 36.1 Å². The van der Waals surface area contributed by atoms with Gasteiger partial charge in [-0.05, 0) is 36.4 Å². The molecule has 0 aliphatic carbocycles. The molecule has 1 aliphatic heterocycles. The molecule has 0 radical (unpaired) electrons. The molecule has 0 spiro atoms. The van der Waals surface area contributed by atoms with E-state index in [0.29, 0.717) is 19.8 Å². The van der Waals surface area contributed by atoms with Crippen molar-refractivity contribution in [1.29, 1.82) is 0 Å². The third-order valence-electron chi connectivity index (χ3n) is 3.59. The maximum Gasteiger partial charge on any atom is 0.191 e. The Morgan fingerprint density at radius 2 is 1.82 bits per heavy atom. The third kappa shape index (κ3) is 2.68. The van der Waals surface area contributed by atoms with E-state index in [1.54, 1.807) is 0 Å². The average molecular weight is 296 g/mol. The fourth-order valence-electron chi connectivity index (χ4n) is 2.47. The van der Waals surface area contributed by atoms with E-state index in [2.05, 4.69) is 9.97 Å². The maximum absolute atomic E-state index is 5.66. The van der Waals surface area contributed by atoms with Crippen LogP contribution < -0.4 is 4.74 Å². The molecule has 112 valence electrons. The number of benzene rings is 2. The number of rotatable bonds is 4. The number of imidazole rings is 1. The van der Waals surface area contributed by atoms with Crippen LogP contribution in [0, 0.1) is 0 Å². The van der Waals surface area contributed by atoms with Gasteiger partial charge in [0.05, 0.1) is 24.2 Å². The first-order chi connectivity index (χ1) is 10.9. The quantitative estimate of drug-likeness (QED) is 0.804. The SMILES string of the molecule is c1ccc2[nH]c(-c3ccc(OCC4OCCO4)cc3)nc2c1. The molecule has 0 unspecified atom stereocenters. The lowest BCUT2D eigenvalue weighted by molar-refractivity contribution is -0.0684. The summed E-state index contributed by atoms with van der Waals surface area (Å²) in [4.78, 5) is 7.90. The highest BCUT2D eigenvalue weighted by Crippen LogP contribution is 2.23. The summed E-state index contributed by atoms with van der Waals surface area (Å²) in [6.45, 7) is 1.68. The van der Waals surface area contributed by atoms with E-state index in [1.165, 1.54) is 0 Å². The molecule has 1 aromatic heterocycles. The van der Waals surface area contributed by atoms with E-state index in [-0.39, 0.29) is 6.29 Å². The minimum atomic E-state index is -0.255. The molecule has 1 aliphatic rings. The predicted octanol–water partition coefficient (Wildman–Crippen LogP) is 2.98. The van der Waals surface area contributed by atoms with Gasteiger partial charge in [0.15, 0.2) is 6.29 Å². The Hall–Kier alpha value is -2.37. The molecule has 5 heteroatoms. The van der Waals surface area contributed by atoms with Crippen LogP contribution in [0.1, 0.15) is 0 Å². The minimum absolute atomic E-state index is 0.255. The van der Waals surface area contributed by atoms with Gasteiger partial charge in [-0.3, -0.25) is 0 Å². The highest BCUT2D eigenvalue weighted by Gasteiger charge is 2.16. The Morgan fingerprint density at radius 3 is 2.59 bits per heavy atom. The molecule has 1 N–H and O–H groups in total. The van der Waals surface area contributed by atoms with E-state index < -0.39 is 0 Å². The van der Waals surface area contributed by atoms with Gasteiger partial charge in [-0.15, -0.1) is 0 Å². The number of aromatic nitrogens is 2. The first-order valence-corrected chi connectivity index (χ1v) is 7.30. The highest BCUT2D eigenvalue weighted by molar-refractivity contribution is 5.79. The van der Waals surface area contributed by atoms with Gasteiger partial charge in [0, 0.05) is 5.56 Å². The average Bonchev–Trinajstić information content (AvgIpc) is 3.22. The molecule has 2 heterocycles. The fourth-order valence-corrected chi connectivity index (χ4v) is 2.47. The summed E-state index contributed by atoms with van der Waals surface area (Å²) >= 11 is 0. The first-order valence-electron chi connectivity index (χ1n) is 7.30. The van der Waals surface area contributed by atoms with Crippen molar-refractivity contribution in [2.24, 2.45) is 0 Å². The Balaban J connectivity index is 1.48. The second-order valence-electron chi connectivity index (χ2n) is 5.11. The van der Waals surface area contributed by atoms with E-state index >= 15 is 0 Å². The van der Waals surface area contributed by atoms with Gasteiger partial charge in [0.2, 0.25) is 0 Å². The summed E-state index contributed by atoms with van der Waals surface area (Å²) in [6.07, 6.45) is -0.255. The molecule has 0 atom stereocenters. The zero-order valence-corrected chi connectivity index (χ0v) is 12.0. The fraction of sp³-hybridized carbons (Fsp3) is 0.235. The molecule has 0 bridgehead atoms. The Labute approximate surface area is 127 Å². The van der Waals surface area contributed by atoms with E-state index in [0.717, 1.165) is 28.2 Å². The molecule has 0 amide bonds. The van der Waals surface area contributed by atoms with E-state index in [1.807, 2.05) is 48.5 Å². The summed E-state index contributed by atoms with van der Waals surface area (Å²) in [5.41, 5.74) is 3.03. The van der Waals surface area contributed by atoms with Crippen LogP contribution in [0.5, 0.6) is 5.75 Å². The van der Waals surface area contributed by atoms with Crippen molar-refractivity contribution in [2.45, 2.75) is 6.29 Å². The normalized spacial score (nSPS) is 15.5. The molecule has 0 saturated carbocycles. The van der Waals surface area contributed by atoms with Gasteiger partial charge < -0.3 is 19.2 Å². The summed E-state index contributed by atoms with van der Waals surface area (Å²) < 4.78 is 16.3. The van der Waals surface area contributed by atoms with Gasteiger partial charge >= 0.3 is 0 Å². The van der Waals surface area contributed by atoms with E-state index in [9.17, 15) is 0 Å². The number of para-hydroxylation sites is 2. The van der Waals surface area contributed by atoms with Gasteiger partial charge in [-0.25, -0.2) is 4.98 Å². The molecule has 22 heavy (non-hydrogen) atoms. The number of aromatic amines is 1. The molecule has 5 nitrogen and oxygen atoms in total. The summed E-state index contributed by atoms with van der Waals surface area (Å²) in [7, 11) is 0. The second kappa shape index (κ2) is 5.79. The van der Waals surface area contributed by atoms with Crippen LogP contribution >= 0.6 is 0 Å². The van der Waals surface area contributed by atoms with Crippen LogP contribution in [0.15, 0.2) is 48.5 Å². The van der Waals surface area contributed by atoms with Crippen molar-refractivity contribution in [3.05, 3.63) is 48.5 Å². The van der Waals surface area contributed by atoms with Crippen molar-refractivity contribution >= 4 is 11.0 Å². The van der Waals surface area contributed by atoms with Crippen LogP contribution in [0.4, 0.5) is 0 Å². The molecular weight excluding hydrogens is 280 g/mol.